The molecule has 0 amide bonds. The van der Waals surface area contributed by atoms with Crippen LogP contribution in [0.15, 0.2) is 23.1 Å². The largest absolute Gasteiger partial charge is 0.392 e. The molecule has 4 heteroatoms. The van der Waals surface area contributed by atoms with E-state index in [1.165, 1.54) is 11.8 Å². The molecule has 1 aromatic rings. The van der Waals surface area contributed by atoms with Crippen LogP contribution in [-0.4, -0.2) is 16.3 Å². The number of anilines is 1. The Hall–Kier alpha value is -1.00. The number of hydrogen-bond acceptors (Lipinski definition) is 4. The van der Waals surface area contributed by atoms with E-state index in [1.54, 1.807) is 0 Å². The minimum atomic E-state index is -0.180. The third-order valence-electron chi connectivity index (χ3n) is 2.21. The lowest BCUT2D eigenvalue weighted by molar-refractivity contribution is -0.111. The maximum Gasteiger partial charge on any atom is 0.215 e. The molecule has 0 bridgehead atoms. The van der Waals surface area contributed by atoms with Gasteiger partial charge in [-0.05, 0) is 24.8 Å². The van der Waals surface area contributed by atoms with Crippen LogP contribution in [0.2, 0.25) is 0 Å². The maximum absolute atomic E-state index is 11.4. The molecule has 1 atom stereocenters. The minimum absolute atomic E-state index is 0.00234. The number of fused-ring (bicyclic) bond motifs is 1. The minimum Gasteiger partial charge on any atom is -0.392 e. The first-order valence-electron chi connectivity index (χ1n) is 4.43. The number of aliphatic hydroxyl groups excluding tert-OH is 1. The first kappa shape index (κ1) is 9.55. The van der Waals surface area contributed by atoms with Gasteiger partial charge in [-0.25, -0.2) is 0 Å². The van der Waals surface area contributed by atoms with Crippen LogP contribution in [0.25, 0.3) is 0 Å². The van der Waals surface area contributed by atoms with Gasteiger partial charge in [-0.1, -0.05) is 12.1 Å². The zero-order valence-corrected chi connectivity index (χ0v) is 8.60. The zero-order valence-electron chi connectivity index (χ0n) is 7.78. The van der Waals surface area contributed by atoms with Crippen molar-refractivity contribution in [2.75, 3.05) is 5.32 Å². The summed E-state index contributed by atoms with van der Waals surface area (Å²) in [6.07, 6.45) is 0. The first-order valence-corrected chi connectivity index (χ1v) is 5.25. The molecule has 0 spiro atoms. The lowest BCUT2D eigenvalue weighted by atomic mass is 10.1. The van der Waals surface area contributed by atoms with Crippen LogP contribution >= 0.6 is 11.8 Å². The molecule has 0 saturated heterocycles. The van der Waals surface area contributed by atoms with Gasteiger partial charge in [0.15, 0.2) is 0 Å². The van der Waals surface area contributed by atoms with Crippen LogP contribution in [0.5, 0.6) is 0 Å². The van der Waals surface area contributed by atoms with Crippen molar-refractivity contribution in [3.05, 3.63) is 23.8 Å². The Kier molecular flexibility index (Phi) is 2.48. The van der Waals surface area contributed by atoms with Crippen LogP contribution in [0.1, 0.15) is 12.5 Å². The topological polar surface area (TPSA) is 49.3 Å². The molecule has 1 aliphatic rings. The average molecular weight is 209 g/mol. The molecule has 2 N–H and O–H groups in total. The van der Waals surface area contributed by atoms with Crippen molar-refractivity contribution >= 4 is 22.6 Å². The number of para-hydroxylation sites is 1. The standard InChI is InChI=1S/C10H11NO2S/c1-6-10(13)14-8-4-2-3-7(5-12)9(8)11-6/h2-4,6,11-12H,5H2,1H3. The van der Waals surface area contributed by atoms with Crippen LogP contribution < -0.4 is 5.32 Å². The van der Waals surface area contributed by atoms with Crippen molar-refractivity contribution in [1.29, 1.82) is 0 Å². The molecular formula is C10H11NO2S. The SMILES string of the molecule is CC1Nc2c(CO)cccc2SC1=O. The predicted molar refractivity (Wildman–Crippen MR) is 56.3 cm³/mol. The van der Waals surface area contributed by atoms with Gasteiger partial charge in [0.25, 0.3) is 0 Å². The molecule has 3 nitrogen and oxygen atoms in total. The Bertz CT molecular complexity index is 378. The third-order valence-corrected chi connectivity index (χ3v) is 3.32. The summed E-state index contributed by atoms with van der Waals surface area (Å²) >= 11 is 1.24. The second-order valence-corrected chi connectivity index (χ2v) is 4.28. The number of thioether (sulfide) groups is 1. The molecule has 1 aliphatic heterocycles. The average Bonchev–Trinajstić information content (AvgIpc) is 2.19. The number of aliphatic hydroxyl groups is 1. The summed E-state index contributed by atoms with van der Waals surface area (Å²) in [5.41, 5.74) is 1.74. The zero-order chi connectivity index (χ0) is 10.1. The lowest BCUT2D eigenvalue weighted by Gasteiger charge is -2.24. The van der Waals surface area contributed by atoms with Crippen molar-refractivity contribution in [2.45, 2.75) is 24.5 Å². The van der Waals surface area contributed by atoms with E-state index in [0.717, 1.165) is 16.1 Å². The lowest BCUT2D eigenvalue weighted by Crippen LogP contribution is -2.28. The Morgan fingerprint density at radius 2 is 2.36 bits per heavy atom. The smallest absolute Gasteiger partial charge is 0.215 e. The quantitative estimate of drug-likeness (QED) is 0.737. The highest BCUT2D eigenvalue weighted by atomic mass is 32.2. The van der Waals surface area contributed by atoms with Gasteiger partial charge in [-0.3, -0.25) is 4.79 Å². The Balaban J connectivity index is 2.46. The summed E-state index contributed by atoms with van der Waals surface area (Å²) in [6.45, 7) is 1.82. The van der Waals surface area contributed by atoms with E-state index >= 15 is 0 Å². The summed E-state index contributed by atoms with van der Waals surface area (Å²) in [4.78, 5) is 12.3. The molecule has 1 unspecified atom stereocenters. The molecule has 0 saturated carbocycles. The van der Waals surface area contributed by atoms with Gasteiger partial charge >= 0.3 is 0 Å². The number of carbonyl (C=O) groups is 1. The van der Waals surface area contributed by atoms with Gasteiger partial charge in [-0.15, -0.1) is 0 Å². The van der Waals surface area contributed by atoms with E-state index in [0.29, 0.717) is 0 Å². The van der Waals surface area contributed by atoms with E-state index in [-0.39, 0.29) is 17.8 Å². The molecule has 14 heavy (non-hydrogen) atoms. The Morgan fingerprint density at radius 3 is 3.07 bits per heavy atom. The van der Waals surface area contributed by atoms with Gasteiger partial charge < -0.3 is 10.4 Å². The van der Waals surface area contributed by atoms with Gasteiger partial charge in [-0.2, -0.15) is 0 Å². The second kappa shape index (κ2) is 3.63. The summed E-state index contributed by atoms with van der Waals surface area (Å²) in [7, 11) is 0. The van der Waals surface area contributed by atoms with Gasteiger partial charge in [0.2, 0.25) is 5.12 Å². The van der Waals surface area contributed by atoms with Crippen LogP contribution in [0.4, 0.5) is 5.69 Å². The van der Waals surface area contributed by atoms with E-state index in [4.69, 9.17) is 5.11 Å². The molecule has 74 valence electrons. The molecule has 1 aromatic carbocycles. The van der Waals surface area contributed by atoms with Crippen LogP contribution in [0, 0.1) is 0 Å². The number of carbonyl (C=O) groups excluding carboxylic acids is 1. The normalized spacial score (nSPS) is 20.1. The number of nitrogens with one attached hydrogen (secondary N) is 1. The van der Waals surface area contributed by atoms with Crippen molar-refractivity contribution in [1.82, 2.24) is 0 Å². The van der Waals surface area contributed by atoms with Crippen molar-refractivity contribution in [3.63, 3.8) is 0 Å². The van der Waals surface area contributed by atoms with Crippen LogP contribution in [0.3, 0.4) is 0 Å². The van der Waals surface area contributed by atoms with Crippen LogP contribution in [-0.2, 0) is 11.4 Å². The molecular weight excluding hydrogens is 198 g/mol. The van der Waals surface area contributed by atoms with E-state index in [2.05, 4.69) is 5.32 Å². The van der Waals surface area contributed by atoms with E-state index in [1.807, 2.05) is 25.1 Å². The molecule has 0 fully saturated rings. The molecule has 1 heterocycles. The van der Waals surface area contributed by atoms with Gasteiger partial charge in [0.1, 0.15) is 0 Å². The van der Waals surface area contributed by atoms with Crippen molar-refractivity contribution in [3.8, 4) is 0 Å². The maximum atomic E-state index is 11.4. The Morgan fingerprint density at radius 1 is 1.57 bits per heavy atom. The fourth-order valence-electron chi connectivity index (χ4n) is 1.43. The summed E-state index contributed by atoms with van der Waals surface area (Å²) in [6, 6.07) is 5.41. The Labute approximate surface area is 86.5 Å². The summed E-state index contributed by atoms with van der Waals surface area (Å²) < 4.78 is 0. The number of benzene rings is 1. The van der Waals surface area contributed by atoms with E-state index < -0.39 is 0 Å². The number of hydrogen-bond donors (Lipinski definition) is 2. The summed E-state index contributed by atoms with van der Waals surface area (Å²) in [5.74, 6) is 0. The first-order chi connectivity index (χ1) is 6.72. The highest BCUT2D eigenvalue weighted by molar-refractivity contribution is 8.14. The molecule has 2 rings (SSSR count). The highest BCUT2D eigenvalue weighted by Gasteiger charge is 2.24. The highest BCUT2D eigenvalue weighted by Crippen LogP contribution is 2.36. The van der Waals surface area contributed by atoms with Gasteiger partial charge in [0, 0.05) is 10.5 Å². The predicted octanol–water partition coefficient (Wildman–Crippen LogP) is 1.61. The molecule has 0 aromatic heterocycles. The molecule has 0 aliphatic carbocycles. The summed E-state index contributed by atoms with van der Waals surface area (Å²) in [5, 5.41) is 12.3. The van der Waals surface area contributed by atoms with Crippen molar-refractivity contribution in [2.24, 2.45) is 0 Å². The van der Waals surface area contributed by atoms with Crippen molar-refractivity contribution < 1.29 is 9.90 Å². The monoisotopic (exact) mass is 209 g/mol. The second-order valence-electron chi connectivity index (χ2n) is 3.24. The number of rotatable bonds is 1. The third kappa shape index (κ3) is 1.51. The van der Waals surface area contributed by atoms with E-state index in [9.17, 15) is 4.79 Å². The fourth-order valence-corrected chi connectivity index (χ4v) is 2.32. The fraction of sp³-hybridized carbons (Fsp3) is 0.300. The van der Waals surface area contributed by atoms with Gasteiger partial charge in [0.05, 0.1) is 18.3 Å². The molecule has 0 radical (unpaired) electrons.